The Morgan fingerprint density at radius 1 is 1.33 bits per heavy atom. The maximum Gasteiger partial charge on any atom is 0.125 e. The van der Waals surface area contributed by atoms with Gasteiger partial charge in [-0.05, 0) is 12.3 Å². The molecule has 0 aliphatic rings. The van der Waals surface area contributed by atoms with Crippen molar-refractivity contribution in [1.82, 2.24) is 9.78 Å². The molecule has 0 fully saturated rings. The molecule has 1 unspecified atom stereocenters. The lowest BCUT2D eigenvalue weighted by molar-refractivity contribution is 0.619. The van der Waals surface area contributed by atoms with E-state index in [2.05, 4.69) is 32.8 Å². The SMILES string of the molecule is CCCC(C)c1nn(C)c(N)c1C(C)C. The molecule has 0 saturated carbocycles. The molecule has 3 nitrogen and oxygen atoms in total. The molecule has 0 aromatic carbocycles. The first-order chi connectivity index (χ1) is 6.99. The molecule has 15 heavy (non-hydrogen) atoms. The van der Waals surface area contributed by atoms with Crippen molar-refractivity contribution in [3.8, 4) is 0 Å². The Bertz CT molecular complexity index is 326. The summed E-state index contributed by atoms with van der Waals surface area (Å²) < 4.78 is 1.80. The molecule has 3 heteroatoms. The summed E-state index contributed by atoms with van der Waals surface area (Å²) in [6, 6.07) is 0. The Kier molecular flexibility index (Phi) is 3.77. The van der Waals surface area contributed by atoms with Crippen LogP contribution in [0.15, 0.2) is 0 Å². The molecule has 1 aromatic rings. The third-order valence-corrected chi connectivity index (χ3v) is 2.92. The van der Waals surface area contributed by atoms with E-state index in [0.717, 1.165) is 5.82 Å². The van der Waals surface area contributed by atoms with Crippen LogP contribution in [0.2, 0.25) is 0 Å². The lowest BCUT2D eigenvalue weighted by Gasteiger charge is -2.12. The molecule has 0 spiro atoms. The minimum Gasteiger partial charge on any atom is -0.384 e. The monoisotopic (exact) mass is 209 g/mol. The van der Waals surface area contributed by atoms with Crippen LogP contribution < -0.4 is 5.73 Å². The van der Waals surface area contributed by atoms with Crippen LogP contribution in [-0.2, 0) is 7.05 Å². The number of rotatable bonds is 4. The molecule has 0 aliphatic heterocycles. The summed E-state index contributed by atoms with van der Waals surface area (Å²) in [6.45, 7) is 8.79. The highest BCUT2D eigenvalue weighted by Gasteiger charge is 2.20. The third-order valence-electron chi connectivity index (χ3n) is 2.92. The molecule has 0 radical (unpaired) electrons. The second-order valence-corrected chi connectivity index (χ2v) is 4.65. The minimum atomic E-state index is 0.452. The van der Waals surface area contributed by atoms with E-state index in [1.165, 1.54) is 24.1 Å². The Hall–Kier alpha value is -0.990. The zero-order valence-electron chi connectivity index (χ0n) is 10.5. The van der Waals surface area contributed by atoms with Gasteiger partial charge >= 0.3 is 0 Å². The number of nitrogens with zero attached hydrogens (tertiary/aromatic N) is 2. The Morgan fingerprint density at radius 2 is 1.93 bits per heavy atom. The van der Waals surface area contributed by atoms with Crippen LogP contribution in [0.25, 0.3) is 0 Å². The first-order valence-electron chi connectivity index (χ1n) is 5.81. The van der Waals surface area contributed by atoms with Gasteiger partial charge in [-0.25, -0.2) is 0 Å². The van der Waals surface area contributed by atoms with E-state index in [1.807, 2.05) is 7.05 Å². The van der Waals surface area contributed by atoms with Gasteiger partial charge in [0.15, 0.2) is 0 Å². The molecule has 0 amide bonds. The van der Waals surface area contributed by atoms with Gasteiger partial charge in [0.1, 0.15) is 5.82 Å². The van der Waals surface area contributed by atoms with Crippen LogP contribution >= 0.6 is 0 Å². The van der Waals surface area contributed by atoms with E-state index in [9.17, 15) is 0 Å². The van der Waals surface area contributed by atoms with Crippen LogP contribution in [0.4, 0.5) is 5.82 Å². The standard InChI is InChI=1S/C12H23N3/c1-6-7-9(4)11-10(8(2)3)12(13)15(5)14-11/h8-9H,6-7,13H2,1-5H3. The van der Waals surface area contributed by atoms with Crippen molar-refractivity contribution in [2.45, 2.75) is 52.4 Å². The first kappa shape index (κ1) is 12.1. The van der Waals surface area contributed by atoms with Gasteiger partial charge < -0.3 is 5.73 Å². The molecular formula is C12H23N3. The summed E-state index contributed by atoms with van der Waals surface area (Å²) in [4.78, 5) is 0. The van der Waals surface area contributed by atoms with Gasteiger partial charge in [0.2, 0.25) is 0 Å². The fourth-order valence-corrected chi connectivity index (χ4v) is 2.10. The van der Waals surface area contributed by atoms with Crippen LogP contribution in [-0.4, -0.2) is 9.78 Å². The predicted octanol–water partition coefficient (Wildman–Crippen LogP) is 3.03. The highest BCUT2D eigenvalue weighted by molar-refractivity contribution is 5.46. The van der Waals surface area contributed by atoms with Crippen LogP contribution in [0, 0.1) is 0 Å². The largest absolute Gasteiger partial charge is 0.384 e. The number of aromatic nitrogens is 2. The van der Waals surface area contributed by atoms with Gasteiger partial charge in [0, 0.05) is 18.5 Å². The molecule has 1 rings (SSSR count). The number of anilines is 1. The highest BCUT2D eigenvalue weighted by atomic mass is 15.3. The second kappa shape index (κ2) is 4.69. The summed E-state index contributed by atoms with van der Waals surface area (Å²) in [5, 5.41) is 4.54. The lowest BCUT2D eigenvalue weighted by Crippen LogP contribution is -2.01. The molecule has 0 aliphatic carbocycles. The zero-order valence-corrected chi connectivity index (χ0v) is 10.5. The van der Waals surface area contributed by atoms with Crippen LogP contribution in [0.1, 0.15) is 63.6 Å². The molecule has 1 aromatic heterocycles. The summed E-state index contributed by atoms with van der Waals surface area (Å²) in [5.41, 5.74) is 8.46. The van der Waals surface area contributed by atoms with Gasteiger partial charge in [0.25, 0.3) is 0 Å². The fourth-order valence-electron chi connectivity index (χ4n) is 2.10. The number of hydrogen-bond donors (Lipinski definition) is 1. The third kappa shape index (κ3) is 2.33. The van der Waals surface area contributed by atoms with Crippen molar-refractivity contribution >= 4 is 5.82 Å². The molecule has 2 N–H and O–H groups in total. The summed E-state index contributed by atoms with van der Waals surface area (Å²) in [6.07, 6.45) is 2.37. The smallest absolute Gasteiger partial charge is 0.125 e. The summed E-state index contributed by atoms with van der Waals surface area (Å²) >= 11 is 0. The van der Waals surface area contributed by atoms with Gasteiger partial charge in [-0.2, -0.15) is 5.10 Å². The molecular weight excluding hydrogens is 186 g/mol. The van der Waals surface area contributed by atoms with E-state index < -0.39 is 0 Å². The Labute approximate surface area is 92.7 Å². The van der Waals surface area contributed by atoms with Gasteiger partial charge in [-0.15, -0.1) is 0 Å². The predicted molar refractivity (Wildman–Crippen MR) is 65.0 cm³/mol. The van der Waals surface area contributed by atoms with E-state index in [1.54, 1.807) is 4.68 Å². The van der Waals surface area contributed by atoms with Gasteiger partial charge in [-0.1, -0.05) is 34.1 Å². The van der Waals surface area contributed by atoms with Crippen molar-refractivity contribution < 1.29 is 0 Å². The maximum atomic E-state index is 6.04. The Balaban J connectivity index is 3.11. The van der Waals surface area contributed by atoms with E-state index in [0.29, 0.717) is 11.8 Å². The number of nitrogens with two attached hydrogens (primary N) is 1. The van der Waals surface area contributed by atoms with Gasteiger partial charge in [0.05, 0.1) is 5.69 Å². The zero-order chi connectivity index (χ0) is 11.6. The topological polar surface area (TPSA) is 43.8 Å². The van der Waals surface area contributed by atoms with E-state index >= 15 is 0 Å². The van der Waals surface area contributed by atoms with Crippen molar-refractivity contribution in [3.63, 3.8) is 0 Å². The molecule has 1 atom stereocenters. The molecule has 0 saturated heterocycles. The first-order valence-corrected chi connectivity index (χ1v) is 5.81. The van der Waals surface area contributed by atoms with Gasteiger partial charge in [-0.3, -0.25) is 4.68 Å². The molecule has 1 heterocycles. The summed E-state index contributed by atoms with van der Waals surface area (Å²) in [7, 11) is 1.92. The molecule has 86 valence electrons. The summed E-state index contributed by atoms with van der Waals surface area (Å²) in [5.74, 6) is 1.78. The van der Waals surface area contributed by atoms with Crippen LogP contribution in [0.3, 0.4) is 0 Å². The quantitative estimate of drug-likeness (QED) is 0.828. The normalized spacial score (nSPS) is 13.5. The number of nitrogen functional groups attached to an aromatic ring is 1. The van der Waals surface area contributed by atoms with Crippen molar-refractivity contribution in [2.75, 3.05) is 5.73 Å². The van der Waals surface area contributed by atoms with Crippen LogP contribution in [0.5, 0.6) is 0 Å². The molecule has 0 bridgehead atoms. The second-order valence-electron chi connectivity index (χ2n) is 4.65. The van der Waals surface area contributed by atoms with Crippen molar-refractivity contribution in [3.05, 3.63) is 11.3 Å². The van der Waals surface area contributed by atoms with Crippen molar-refractivity contribution in [1.29, 1.82) is 0 Å². The highest BCUT2D eigenvalue weighted by Crippen LogP contribution is 2.31. The average molecular weight is 209 g/mol. The maximum absolute atomic E-state index is 6.04. The Morgan fingerprint density at radius 3 is 2.40 bits per heavy atom. The lowest BCUT2D eigenvalue weighted by atomic mass is 9.93. The number of hydrogen-bond acceptors (Lipinski definition) is 2. The minimum absolute atomic E-state index is 0.452. The van der Waals surface area contributed by atoms with E-state index in [-0.39, 0.29) is 0 Å². The average Bonchev–Trinajstić information content (AvgIpc) is 2.44. The van der Waals surface area contributed by atoms with E-state index in [4.69, 9.17) is 5.73 Å². The fraction of sp³-hybridized carbons (Fsp3) is 0.750. The van der Waals surface area contributed by atoms with Crippen molar-refractivity contribution in [2.24, 2.45) is 7.05 Å². The number of aryl methyl sites for hydroxylation is 1.